The zero-order chi connectivity index (χ0) is 14.8. The van der Waals surface area contributed by atoms with E-state index in [9.17, 15) is 0 Å². The molecule has 3 heteroatoms. The summed E-state index contributed by atoms with van der Waals surface area (Å²) < 4.78 is 6.94. The van der Waals surface area contributed by atoms with E-state index in [1.807, 2.05) is 6.07 Å². The first-order valence-electron chi connectivity index (χ1n) is 7.38. The van der Waals surface area contributed by atoms with E-state index in [0.717, 1.165) is 16.8 Å². The number of halogens is 1. The smallest absolute Gasteiger partial charge is 0.124 e. The van der Waals surface area contributed by atoms with Crippen molar-refractivity contribution in [3.8, 4) is 5.75 Å². The fraction of sp³-hybridized carbons (Fsp3) is 0.333. The van der Waals surface area contributed by atoms with Crippen LogP contribution in [0.1, 0.15) is 37.1 Å². The number of benzene rings is 2. The number of nitrogens with one attached hydrogen (secondary N) is 1. The topological polar surface area (TPSA) is 21.3 Å². The van der Waals surface area contributed by atoms with E-state index in [0.29, 0.717) is 18.0 Å². The van der Waals surface area contributed by atoms with Crippen LogP contribution in [-0.2, 0) is 0 Å². The van der Waals surface area contributed by atoms with Gasteiger partial charge in [-0.15, -0.1) is 0 Å². The van der Waals surface area contributed by atoms with Crippen molar-refractivity contribution < 1.29 is 4.74 Å². The van der Waals surface area contributed by atoms with E-state index < -0.39 is 0 Å². The molecule has 1 N–H and O–H groups in total. The summed E-state index contributed by atoms with van der Waals surface area (Å²) in [6.45, 7) is 5.22. The van der Waals surface area contributed by atoms with Gasteiger partial charge in [0.15, 0.2) is 0 Å². The van der Waals surface area contributed by atoms with Gasteiger partial charge in [0.25, 0.3) is 0 Å². The number of ether oxygens (including phenoxy) is 1. The Kier molecular flexibility index (Phi) is 4.32. The highest BCUT2D eigenvalue weighted by atomic mass is 79.9. The largest absolute Gasteiger partial charge is 0.493 e. The van der Waals surface area contributed by atoms with Crippen LogP contribution in [-0.4, -0.2) is 6.61 Å². The predicted molar refractivity (Wildman–Crippen MR) is 89.5 cm³/mol. The molecule has 21 heavy (non-hydrogen) atoms. The van der Waals surface area contributed by atoms with Crippen LogP contribution < -0.4 is 10.1 Å². The SMILES string of the molecule is CC1COc2ccccc2C1N[C@@H](C)c1ccc(Br)cc1. The molecule has 0 fully saturated rings. The highest BCUT2D eigenvalue weighted by molar-refractivity contribution is 9.10. The summed E-state index contributed by atoms with van der Waals surface area (Å²) in [6.07, 6.45) is 0. The van der Waals surface area contributed by atoms with Crippen LogP contribution in [0.2, 0.25) is 0 Å². The lowest BCUT2D eigenvalue weighted by molar-refractivity contribution is 0.182. The Morgan fingerprint density at radius 2 is 1.86 bits per heavy atom. The number of para-hydroxylation sites is 1. The van der Waals surface area contributed by atoms with Gasteiger partial charge in [-0.25, -0.2) is 0 Å². The Balaban J connectivity index is 1.82. The van der Waals surface area contributed by atoms with Crippen LogP contribution in [0.4, 0.5) is 0 Å². The molecule has 0 spiro atoms. The zero-order valence-electron chi connectivity index (χ0n) is 12.3. The van der Waals surface area contributed by atoms with Crippen LogP contribution in [0.25, 0.3) is 0 Å². The molecule has 0 saturated carbocycles. The van der Waals surface area contributed by atoms with E-state index >= 15 is 0 Å². The molecule has 0 aromatic heterocycles. The number of fused-ring (bicyclic) bond motifs is 1. The highest BCUT2D eigenvalue weighted by Gasteiger charge is 2.28. The summed E-state index contributed by atoms with van der Waals surface area (Å²) in [7, 11) is 0. The highest BCUT2D eigenvalue weighted by Crippen LogP contribution is 2.36. The van der Waals surface area contributed by atoms with Crippen LogP contribution in [0.5, 0.6) is 5.75 Å². The first-order chi connectivity index (χ1) is 10.1. The van der Waals surface area contributed by atoms with Gasteiger partial charge >= 0.3 is 0 Å². The molecular weight excluding hydrogens is 326 g/mol. The number of rotatable bonds is 3. The van der Waals surface area contributed by atoms with Crippen molar-refractivity contribution >= 4 is 15.9 Å². The van der Waals surface area contributed by atoms with Gasteiger partial charge in [-0.2, -0.15) is 0 Å². The van der Waals surface area contributed by atoms with Gasteiger partial charge in [-0.05, 0) is 30.7 Å². The standard InChI is InChI=1S/C18H20BrNO/c1-12-11-21-17-6-4-3-5-16(17)18(12)20-13(2)14-7-9-15(19)10-8-14/h3-10,12-13,18,20H,11H2,1-2H3/t12?,13-,18?/m0/s1. The van der Waals surface area contributed by atoms with Crippen molar-refractivity contribution in [3.63, 3.8) is 0 Å². The van der Waals surface area contributed by atoms with E-state index in [1.165, 1.54) is 11.1 Å². The van der Waals surface area contributed by atoms with Gasteiger partial charge in [-0.3, -0.25) is 0 Å². The molecule has 2 unspecified atom stereocenters. The van der Waals surface area contributed by atoms with Gasteiger partial charge in [0.05, 0.1) is 6.61 Å². The lowest BCUT2D eigenvalue weighted by atomic mass is 9.91. The Morgan fingerprint density at radius 3 is 2.62 bits per heavy atom. The second-order valence-corrected chi connectivity index (χ2v) is 6.66. The summed E-state index contributed by atoms with van der Waals surface area (Å²) in [5.41, 5.74) is 2.56. The zero-order valence-corrected chi connectivity index (χ0v) is 13.9. The fourth-order valence-corrected chi connectivity index (χ4v) is 3.13. The Morgan fingerprint density at radius 1 is 1.14 bits per heavy atom. The first kappa shape index (κ1) is 14.6. The van der Waals surface area contributed by atoms with Crippen molar-refractivity contribution in [3.05, 3.63) is 64.1 Å². The van der Waals surface area contributed by atoms with Gasteiger partial charge in [0.2, 0.25) is 0 Å². The monoisotopic (exact) mass is 345 g/mol. The van der Waals surface area contributed by atoms with Gasteiger partial charge in [0, 0.05) is 28.0 Å². The lowest BCUT2D eigenvalue weighted by Gasteiger charge is -2.34. The van der Waals surface area contributed by atoms with Crippen LogP contribution in [0.15, 0.2) is 53.0 Å². The molecule has 0 aliphatic carbocycles. The number of hydrogen-bond donors (Lipinski definition) is 1. The van der Waals surface area contributed by atoms with Crippen LogP contribution >= 0.6 is 15.9 Å². The van der Waals surface area contributed by atoms with Crippen molar-refractivity contribution in [2.24, 2.45) is 5.92 Å². The molecule has 2 nitrogen and oxygen atoms in total. The fourth-order valence-electron chi connectivity index (χ4n) is 2.86. The van der Waals surface area contributed by atoms with E-state index in [1.54, 1.807) is 0 Å². The molecule has 0 radical (unpaired) electrons. The van der Waals surface area contributed by atoms with E-state index in [2.05, 4.69) is 77.6 Å². The molecule has 2 aromatic rings. The average molecular weight is 346 g/mol. The summed E-state index contributed by atoms with van der Waals surface area (Å²) in [4.78, 5) is 0. The van der Waals surface area contributed by atoms with Crippen molar-refractivity contribution in [2.45, 2.75) is 25.9 Å². The normalized spacial score (nSPS) is 22.2. The minimum atomic E-state index is 0.303. The summed E-state index contributed by atoms with van der Waals surface area (Å²) in [5, 5.41) is 3.77. The molecule has 3 atom stereocenters. The van der Waals surface area contributed by atoms with Crippen molar-refractivity contribution in [1.29, 1.82) is 0 Å². The average Bonchev–Trinajstić information content (AvgIpc) is 2.51. The molecule has 2 aromatic carbocycles. The third-order valence-electron chi connectivity index (χ3n) is 4.12. The molecule has 3 rings (SSSR count). The second-order valence-electron chi connectivity index (χ2n) is 5.74. The Hall–Kier alpha value is -1.32. The first-order valence-corrected chi connectivity index (χ1v) is 8.17. The summed E-state index contributed by atoms with van der Waals surface area (Å²) in [5.74, 6) is 1.47. The maximum Gasteiger partial charge on any atom is 0.124 e. The molecule has 1 aliphatic rings. The van der Waals surface area contributed by atoms with E-state index in [4.69, 9.17) is 4.74 Å². The molecule has 110 valence electrons. The van der Waals surface area contributed by atoms with Crippen molar-refractivity contribution in [1.82, 2.24) is 5.32 Å². The maximum absolute atomic E-state index is 5.82. The number of hydrogen-bond acceptors (Lipinski definition) is 2. The molecular formula is C18H20BrNO. The third-order valence-corrected chi connectivity index (χ3v) is 4.65. The predicted octanol–water partition coefficient (Wildman–Crippen LogP) is 4.87. The minimum absolute atomic E-state index is 0.303. The molecule has 1 aliphatic heterocycles. The lowest BCUT2D eigenvalue weighted by Crippen LogP contribution is -2.35. The van der Waals surface area contributed by atoms with E-state index in [-0.39, 0.29) is 0 Å². The maximum atomic E-state index is 5.82. The quantitative estimate of drug-likeness (QED) is 0.856. The summed E-state index contributed by atoms with van der Waals surface area (Å²) in [6, 6.07) is 17.5. The van der Waals surface area contributed by atoms with Crippen molar-refractivity contribution in [2.75, 3.05) is 6.61 Å². The van der Waals surface area contributed by atoms with Crippen LogP contribution in [0.3, 0.4) is 0 Å². The van der Waals surface area contributed by atoms with Gasteiger partial charge in [-0.1, -0.05) is 53.2 Å². The minimum Gasteiger partial charge on any atom is -0.493 e. The van der Waals surface area contributed by atoms with Crippen LogP contribution in [0, 0.1) is 5.92 Å². The molecule has 0 saturated heterocycles. The third kappa shape index (κ3) is 3.14. The molecule has 1 heterocycles. The summed E-state index contributed by atoms with van der Waals surface area (Å²) >= 11 is 3.49. The second kappa shape index (κ2) is 6.20. The molecule has 0 bridgehead atoms. The molecule has 0 amide bonds. The Labute approximate surface area is 134 Å². The Bertz CT molecular complexity index is 611. The van der Waals surface area contributed by atoms with Gasteiger partial charge < -0.3 is 10.1 Å². The van der Waals surface area contributed by atoms with Gasteiger partial charge in [0.1, 0.15) is 5.75 Å².